The number of ether oxygens (including phenoxy) is 1. The first-order valence-corrected chi connectivity index (χ1v) is 10.5. The third kappa shape index (κ3) is 4.00. The molecule has 2 aromatic carbocycles. The van der Waals surface area contributed by atoms with Crippen LogP contribution in [0, 0.1) is 0 Å². The van der Waals surface area contributed by atoms with E-state index in [9.17, 15) is 15.0 Å². The van der Waals surface area contributed by atoms with Crippen LogP contribution in [0.15, 0.2) is 47.4 Å². The zero-order valence-electron chi connectivity index (χ0n) is 18.1. The number of nitrogens with zero attached hydrogens (tertiary/aromatic N) is 3. The monoisotopic (exact) mass is 437 g/mol. The summed E-state index contributed by atoms with van der Waals surface area (Å²) in [7, 11) is 0. The number of aromatic nitrogens is 4. The van der Waals surface area contributed by atoms with Gasteiger partial charge in [0.15, 0.2) is 5.82 Å². The summed E-state index contributed by atoms with van der Waals surface area (Å²) in [6, 6.07) is 10.6. The fourth-order valence-electron chi connectivity index (χ4n) is 3.82. The van der Waals surface area contributed by atoms with Gasteiger partial charge >= 0.3 is 5.69 Å². The third-order valence-electron chi connectivity index (χ3n) is 5.43. The summed E-state index contributed by atoms with van der Waals surface area (Å²) in [6.07, 6.45) is 1.97. The quantitative estimate of drug-likeness (QED) is 0.314. The highest BCUT2D eigenvalue weighted by Gasteiger charge is 2.20. The van der Waals surface area contributed by atoms with Crippen molar-refractivity contribution in [1.29, 1.82) is 0 Å². The van der Waals surface area contributed by atoms with Crippen molar-refractivity contribution >= 4 is 10.9 Å². The summed E-state index contributed by atoms with van der Waals surface area (Å²) < 4.78 is 8.96. The summed E-state index contributed by atoms with van der Waals surface area (Å²) in [6.45, 7) is 6.15. The molecule has 2 aromatic heterocycles. The van der Waals surface area contributed by atoms with Gasteiger partial charge in [0, 0.05) is 36.3 Å². The Kier molecular flexibility index (Phi) is 6.02. The fourth-order valence-corrected chi connectivity index (χ4v) is 3.82. The number of phenols is 2. The predicted octanol–water partition coefficient (Wildman–Crippen LogP) is 2.69. The molecule has 0 saturated carbocycles. The molecule has 0 radical (unpaired) electrons. The molecule has 5 N–H and O–H groups in total. The highest BCUT2D eigenvalue weighted by Crippen LogP contribution is 2.37. The van der Waals surface area contributed by atoms with E-state index in [1.807, 2.05) is 44.3 Å². The number of phenolic OH excluding ortho intramolecular Hbond substituents is 2. The highest BCUT2D eigenvalue weighted by atomic mass is 16.5. The van der Waals surface area contributed by atoms with Gasteiger partial charge in [0.25, 0.3) is 0 Å². The molecular weight excluding hydrogens is 410 g/mol. The molecule has 9 heteroatoms. The standard InChI is InChI=1S/C23H27N5O4/c1-14(2)17-12-18(21(30)13-20(17)29)22-25-26-23(31)28(22)16-3-4-19-15(11-16)5-7-27(19)8-10-32-9-6-24/h3-5,7,11-14,29-30H,6,8-10,24H2,1-2H3,(H,26,31). The first-order chi connectivity index (χ1) is 15.4. The number of aromatic hydroxyl groups is 2. The van der Waals surface area contributed by atoms with E-state index < -0.39 is 5.69 Å². The highest BCUT2D eigenvalue weighted by molar-refractivity contribution is 5.83. The lowest BCUT2D eigenvalue weighted by molar-refractivity contribution is 0.134. The number of hydrogen-bond acceptors (Lipinski definition) is 6. The fraction of sp³-hybridized carbons (Fsp3) is 0.304. The van der Waals surface area contributed by atoms with Crippen LogP contribution in [0.2, 0.25) is 0 Å². The zero-order chi connectivity index (χ0) is 22.8. The molecule has 4 aromatic rings. The number of hydrogen-bond donors (Lipinski definition) is 4. The second-order valence-corrected chi connectivity index (χ2v) is 7.92. The maximum absolute atomic E-state index is 12.6. The Morgan fingerprint density at radius 1 is 1.12 bits per heavy atom. The van der Waals surface area contributed by atoms with Crippen molar-refractivity contribution in [1.82, 2.24) is 19.3 Å². The molecule has 0 amide bonds. The van der Waals surface area contributed by atoms with Gasteiger partial charge in [-0.1, -0.05) is 13.8 Å². The molecule has 32 heavy (non-hydrogen) atoms. The summed E-state index contributed by atoms with van der Waals surface area (Å²) in [5.74, 6) is 0.141. The van der Waals surface area contributed by atoms with Crippen LogP contribution in [0.25, 0.3) is 28.0 Å². The van der Waals surface area contributed by atoms with Gasteiger partial charge in [-0.05, 0) is 41.8 Å². The SMILES string of the molecule is CC(C)c1cc(-c2n[nH]c(=O)n2-c2ccc3c(ccn3CCOCCN)c2)c(O)cc1O. The van der Waals surface area contributed by atoms with Crippen LogP contribution in [-0.4, -0.2) is 49.3 Å². The predicted molar refractivity (Wildman–Crippen MR) is 122 cm³/mol. The van der Waals surface area contributed by atoms with E-state index in [-0.39, 0.29) is 23.2 Å². The first kappa shape index (κ1) is 21.7. The maximum Gasteiger partial charge on any atom is 0.348 e. The number of rotatable bonds is 8. The van der Waals surface area contributed by atoms with E-state index in [0.29, 0.717) is 43.1 Å². The van der Waals surface area contributed by atoms with Crippen LogP contribution >= 0.6 is 0 Å². The maximum atomic E-state index is 12.6. The largest absolute Gasteiger partial charge is 0.508 e. The van der Waals surface area contributed by atoms with E-state index >= 15 is 0 Å². The molecular formula is C23H27N5O4. The minimum Gasteiger partial charge on any atom is -0.508 e. The van der Waals surface area contributed by atoms with E-state index in [2.05, 4.69) is 14.8 Å². The summed E-state index contributed by atoms with van der Waals surface area (Å²) in [5, 5.41) is 28.2. The molecule has 0 atom stereocenters. The summed E-state index contributed by atoms with van der Waals surface area (Å²) in [5.41, 5.74) is 7.67. The summed E-state index contributed by atoms with van der Waals surface area (Å²) in [4.78, 5) is 12.6. The van der Waals surface area contributed by atoms with Gasteiger partial charge < -0.3 is 25.3 Å². The Balaban J connectivity index is 1.74. The smallest absolute Gasteiger partial charge is 0.348 e. The molecule has 0 unspecified atom stereocenters. The number of aromatic amines is 1. The van der Waals surface area contributed by atoms with Crippen LogP contribution in [0.1, 0.15) is 25.3 Å². The second-order valence-electron chi connectivity index (χ2n) is 7.92. The molecule has 0 spiro atoms. The van der Waals surface area contributed by atoms with Crippen LogP contribution in [-0.2, 0) is 11.3 Å². The molecule has 168 valence electrons. The zero-order valence-corrected chi connectivity index (χ0v) is 18.1. The molecule has 9 nitrogen and oxygen atoms in total. The number of fused-ring (bicyclic) bond motifs is 1. The average molecular weight is 438 g/mol. The van der Waals surface area contributed by atoms with Gasteiger partial charge in [-0.3, -0.25) is 0 Å². The summed E-state index contributed by atoms with van der Waals surface area (Å²) >= 11 is 0. The van der Waals surface area contributed by atoms with Crippen molar-refractivity contribution in [3.8, 4) is 28.6 Å². The van der Waals surface area contributed by atoms with Crippen molar-refractivity contribution in [3.05, 3.63) is 58.6 Å². The van der Waals surface area contributed by atoms with Crippen LogP contribution in [0.3, 0.4) is 0 Å². The van der Waals surface area contributed by atoms with Crippen molar-refractivity contribution in [2.24, 2.45) is 5.73 Å². The number of nitrogens with two attached hydrogens (primary N) is 1. The van der Waals surface area contributed by atoms with Crippen molar-refractivity contribution in [2.45, 2.75) is 26.3 Å². The first-order valence-electron chi connectivity index (χ1n) is 10.5. The van der Waals surface area contributed by atoms with Gasteiger partial charge in [0.2, 0.25) is 0 Å². The van der Waals surface area contributed by atoms with Crippen molar-refractivity contribution < 1.29 is 14.9 Å². The van der Waals surface area contributed by atoms with Gasteiger partial charge in [0.05, 0.1) is 24.5 Å². The van der Waals surface area contributed by atoms with E-state index in [0.717, 1.165) is 10.9 Å². The topological polar surface area (TPSA) is 131 Å². The van der Waals surface area contributed by atoms with E-state index in [4.69, 9.17) is 10.5 Å². The third-order valence-corrected chi connectivity index (χ3v) is 5.43. The minimum absolute atomic E-state index is 0.00360. The molecule has 0 aliphatic carbocycles. The lowest BCUT2D eigenvalue weighted by Gasteiger charge is -2.13. The molecule has 0 saturated heterocycles. The number of benzene rings is 2. The lowest BCUT2D eigenvalue weighted by atomic mass is 9.98. The van der Waals surface area contributed by atoms with E-state index in [1.54, 1.807) is 6.07 Å². The average Bonchev–Trinajstić information content (AvgIpc) is 3.34. The Morgan fingerprint density at radius 3 is 2.69 bits per heavy atom. The molecule has 0 aliphatic heterocycles. The number of H-pyrrole nitrogens is 1. The Morgan fingerprint density at radius 2 is 1.94 bits per heavy atom. The van der Waals surface area contributed by atoms with Gasteiger partial charge in [-0.2, -0.15) is 5.10 Å². The molecule has 2 heterocycles. The normalized spacial score (nSPS) is 11.6. The van der Waals surface area contributed by atoms with Crippen molar-refractivity contribution in [3.63, 3.8) is 0 Å². The van der Waals surface area contributed by atoms with Gasteiger partial charge in [0.1, 0.15) is 11.5 Å². The Bertz CT molecular complexity index is 1300. The molecule has 4 rings (SSSR count). The minimum atomic E-state index is -0.424. The van der Waals surface area contributed by atoms with Gasteiger partial charge in [-0.15, -0.1) is 0 Å². The van der Waals surface area contributed by atoms with Crippen LogP contribution in [0.4, 0.5) is 0 Å². The molecule has 0 bridgehead atoms. The molecule has 0 fully saturated rings. The Labute approximate surface area is 184 Å². The second kappa shape index (κ2) is 8.89. The Hall–Kier alpha value is -3.56. The van der Waals surface area contributed by atoms with E-state index in [1.165, 1.54) is 10.6 Å². The van der Waals surface area contributed by atoms with Crippen molar-refractivity contribution in [2.75, 3.05) is 19.8 Å². The van der Waals surface area contributed by atoms with Crippen LogP contribution < -0.4 is 11.4 Å². The van der Waals surface area contributed by atoms with Gasteiger partial charge in [-0.25, -0.2) is 14.5 Å². The number of nitrogens with one attached hydrogen (secondary N) is 1. The molecule has 0 aliphatic rings. The lowest BCUT2D eigenvalue weighted by Crippen LogP contribution is -2.15. The van der Waals surface area contributed by atoms with Crippen LogP contribution in [0.5, 0.6) is 11.5 Å².